The van der Waals surface area contributed by atoms with Gasteiger partial charge in [-0.25, -0.2) is 0 Å². The molecule has 0 spiro atoms. The maximum absolute atomic E-state index is 12.3. The first-order valence-corrected chi connectivity index (χ1v) is 5.01. The SMILES string of the molecule is CC1=CC=C(c2ccc(C(F)(F)F)cc2)C1. The van der Waals surface area contributed by atoms with Gasteiger partial charge < -0.3 is 0 Å². The van der Waals surface area contributed by atoms with Crippen LogP contribution in [0.25, 0.3) is 5.57 Å². The maximum Gasteiger partial charge on any atom is 0.416 e. The molecule has 0 aromatic heterocycles. The molecule has 0 saturated heterocycles. The van der Waals surface area contributed by atoms with Gasteiger partial charge in [-0.3, -0.25) is 0 Å². The molecule has 16 heavy (non-hydrogen) atoms. The van der Waals surface area contributed by atoms with Crippen molar-refractivity contribution in [1.82, 2.24) is 0 Å². The van der Waals surface area contributed by atoms with Gasteiger partial charge in [-0.1, -0.05) is 29.9 Å². The van der Waals surface area contributed by atoms with Crippen LogP contribution in [0.5, 0.6) is 0 Å². The van der Waals surface area contributed by atoms with E-state index in [1.807, 2.05) is 19.1 Å². The Hall–Kier alpha value is -1.51. The molecule has 3 heteroatoms. The van der Waals surface area contributed by atoms with Crippen LogP contribution in [0.3, 0.4) is 0 Å². The van der Waals surface area contributed by atoms with E-state index in [1.54, 1.807) is 0 Å². The van der Waals surface area contributed by atoms with Crippen molar-refractivity contribution in [2.75, 3.05) is 0 Å². The van der Waals surface area contributed by atoms with Crippen molar-refractivity contribution in [2.24, 2.45) is 0 Å². The standard InChI is InChI=1S/C13H11F3/c1-9-2-3-11(8-9)10-4-6-12(7-5-10)13(14,15)16/h2-7H,8H2,1H3. The van der Waals surface area contributed by atoms with E-state index in [0.717, 1.165) is 29.7 Å². The van der Waals surface area contributed by atoms with Crippen molar-refractivity contribution in [2.45, 2.75) is 19.5 Å². The average molecular weight is 224 g/mol. The fourth-order valence-electron chi connectivity index (χ4n) is 1.73. The molecular formula is C13H11F3. The first kappa shape index (κ1) is 11.0. The number of hydrogen-bond donors (Lipinski definition) is 0. The van der Waals surface area contributed by atoms with Crippen molar-refractivity contribution >= 4 is 5.57 Å². The summed E-state index contributed by atoms with van der Waals surface area (Å²) < 4.78 is 37.0. The monoisotopic (exact) mass is 224 g/mol. The molecule has 1 aromatic carbocycles. The summed E-state index contributed by atoms with van der Waals surface area (Å²) in [6.07, 6.45) is 0.521. The molecule has 2 rings (SSSR count). The summed E-state index contributed by atoms with van der Waals surface area (Å²) in [5, 5.41) is 0. The maximum atomic E-state index is 12.3. The van der Waals surface area contributed by atoms with Crippen molar-refractivity contribution in [1.29, 1.82) is 0 Å². The summed E-state index contributed by atoms with van der Waals surface area (Å²) in [7, 11) is 0. The summed E-state index contributed by atoms with van der Waals surface area (Å²) in [5.41, 5.74) is 2.57. The second kappa shape index (κ2) is 3.81. The summed E-state index contributed by atoms with van der Waals surface area (Å²) >= 11 is 0. The summed E-state index contributed by atoms with van der Waals surface area (Å²) in [6.45, 7) is 2.01. The van der Waals surface area contributed by atoms with Crippen LogP contribution in [0, 0.1) is 0 Å². The minimum atomic E-state index is -4.25. The molecule has 0 bridgehead atoms. The topological polar surface area (TPSA) is 0 Å². The van der Waals surface area contributed by atoms with Gasteiger partial charge in [0.05, 0.1) is 5.56 Å². The first-order chi connectivity index (χ1) is 7.47. The minimum absolute atomic E-state index is 0.598. The highest BCUT2D eigenvalue weighted by atomic mass is 19.4. The largest absolute Gasteiger partial charge is 0.416 e. The van der Waals surface area contributed by atoms with Crippen molar-refractivity contribution in [3.8, 4) is 0 Å². The molecule has 1 aromatic rings. The molecule has 0 unspecified atom stereocenters. The predicted molar refractivity (Wildman–Crippen MR) is 57.8 cm³/mol. The highest BCUT2D eigenvalue weighted by molar-refractivity contribution is 5.72. The van der Waals surface area contributed by atoms with Crippen LogP contribution in [-0.4, -0.2) is 0 Å². The lowest BCUT2D eigenvalue weighted by molar-refractivity contribution is -0.137. The van der Waals surface area contributed by atoms with Gasteiger partial charge >= 0.3 is 6.18 Å². The van der Waals surface area contributed by atoms with E-state index in [1.165, 1.54) is 17.7 Å². The molecule has 1 aliphatic rings. The fraction of sp³-hybridized carbons (Fsp3) is 0.231. The zero-order valence-corrected chi connectivity index (χ0v) is 8.81. The van der Waals surface area contributed by atoms with Crippen LogP contribution in [0.15, 0.2) is 42.0 Å². The molecule has 0 saturated carbocycles. The predicted octanol–water partition coefficient (Wildman–Crippen LogP) is 4.44. The average Bonchev–Trinajstić information content (AvgIpc) is 2.64. The van der Waals surface area contributed by atoms with E-state index in [0.29, 0.717) is 0 Å². The van der Waals surface area contributed by atoms with Crippen LogP contribution >= 0.6 is 0 Å². The van der Waals surface area contributed by atoms with Gasteiger partial charge in [-0.2, -0.15) is 13.2 Å². The van der Waals surface area contributed by atoms with Gasteiger partial charge in [-0.15, -0.1) is 0 Å². The number of allylic oxidation sites excluding steroid dienone is 4. The zero-order chi connectivity index (χ0) is 11.8. The molecule has 84 valence electrons. The summed E-state index contributed by atoms with van der Waals surface area (Å²) in [6, 6.07) is 5.32. The normalized spacial score (nSPS) is 16.0. The Kier molecular flexibility index (Phi) is 2.62. The van der Waals surface area contributed by atoms with Gasteiger partial charge in [-0.05, 0) is 36.6 Å². The third-order valence-electron chi connectivity index (χ3n) is 2.62. The van der Waals surface area contributed by atoms with E-state index in [2.05, 4.69) is 0 Å². The van der Waals surface area contributed by atoms with Gasteiger partial charge in [0.2, 0.25) is 0 Å². The second-order valence-electron chi connectivity index (χ2n) is 3.96. The minimum Gasteiger partial charge on any atom is -0.166 e. The third kappa shape index (κ3) is 2.18. The van der Waals surface area contributed by atoms with E-state index >= 15 is 0 Å². The fourth-order valence-corrected chi connectivity index (χ4v) is 1.73. The van der Waals surface area contributed by atoms with E-state index < -0.39 is 11.7 Å². The number of hydrogen-bond acceptors (Lipinski definition) is 0. The van der Waals surface area contributed by atoms with Gasteiger partial charge in [0, 0.05) is 0 Å². The number of benzene rings is 1. The Morgan fingerprint density at radius 1 is 1.00 bits per heavy atom. The zero-order valence-electron chi connectivity index (χ0n) is 8.81. The molecule has 0 atom stereocenters. The Labute approximate surface area is 92.1 Å². The smallest absolute Gasteiger partial charge is 0.166 e. The molecule has 0 aliphatic heterocycles. The van der Waals surface area contributed by atoms with Gasteiger partial charge in [0.1, 0.15) is 0 Å². The van der Waals surface area contributed by atoms with Crippen molar-refractivity contribution in [3.05, 3.63) is 53.1 Å². The first-order valence-electron chi connectivity index (χ1n) is 5.01. The van der Waals surface area contributed by atoms with Crippen LogP contribution in [0.2, 0.25) is 0 Å². The Morgan fingerprint density at radius 3 is 2.06 bits per heavy atom. The lowest BCUT2D eigenvalue weighted by Gasteiger charge is -2.08. The molecule has 1 aliphatic carbocycles. The van der Waals surface area contributed by atoms with Crippen LogP contribution in [0.1, 0.15) is 24.5 Å². The Morgan fingerprint density at radius 2 is 1.62 bits per heavy atom. The summed E-state index contributed by atoms with van der Waals surface area (Å²) in [4.78, 5) is 0. The van der Waals surface area contributed by atoms with E-state index in [-0.39, 0.29) is 0 Å². The number of rotatable bonds is 1. The Bertz CT molecular complexity index is 447. The number of halogens is 3. The highest BCUT2D eigenvalue weighted by Crippen LogP contribution is 2.32. The van der Waals surface area contributed by atoms with Crippen LogP contribution < -0.4 is 0 Å². The molecule has 0 fully saturated rings. The lowest BCUT2D eigenvalue weighted by Crippen LogP contribution is -2.04. The molecule has 0 radical (unpaired) electrons. The lowest BCUT2D eigenvalue weighted by atomic mass is 10.0. The van der Waals surface area contributed by atoms with Crippen LogP contribution in [0.4, 0.5) is 13.2 Å². The number of alkyl halides is 3. The van der Waals surface area contributed by atoms with E-state index in [4.69, 9.17) is 0 Å². The summed E-state index contributed by atoms with van der Waals surface area (Å²) in [5.74, 6) is 0. The van der Waals surface area contributed by atoms with Crippen molar-refractivity contribution < 1.29 is 13.2 Å². The Balaban J connectivity index is 2.21. The molecular weight excluding hydrogens is 213 g/mol. The molecule has 0 amide bonds. The van der Waals surface area contributed by atoms with Gasteiger partial charge in [0.15, 0.2) is 0 Å². The van der Waals surface area contributed by atoms with Crippen molar-refractivity contribution in [3.63, 3.8) is 0 Å². The molecule has 0 N–H and O–H groups in total. The molecule has 0 nitrogen and oxygen atoms in total. The van der Waals surface area contributed by atoms with Crippen LogP contribution in [-0.2, 0) is 6.18 Å². The van der Waals surface area contributed by atoms with Gasteiger partial charge in [0.25, 0.3) is 0 Å². The molecule has 0 heterocycles. The third-order valence-corrected chi connectivity index (χ3v) is 2.62. The van der Waals surface area contributed by atoms with E-state index in [9.17, 15) is 13.2 Å². The quantitative estimate of drug-likeness (QED) is 0.661. The second-order valence-corrected chi connectivity index (χ2v) is 3.96. The highest BCUT2D eigenvalue weighted by Gasteiger charge is 2.30.